The third-order valence-corrected chi connectivity index (χ3v) is 6.41. The summed E-state index contributed by atoms with van der Waals surface area (Å²) in [5, 5.41) is 8.91. The summed E-state index contributed by atoms with van der Waals surface area (Å²) in [5.74, 6) is 2.05. The molecule has 34 heavy (non-hydrogen) atoms. The Kier molecular flexibility index (Phi) is 11.6. The summed E-state index contributed by atoms with van der Waals surface area (Å²) >= 11 is 0. The smallest absolute Gasteiger partial charge is 0.520 e. The summed E-state index contributed by atoms with van der Waals surface area (Å²) in [5.41, 5.74) is 3.04. The molecule has 2 aromatic heterocycles. The van der Waals surface area contributed by atoms with Gasteiger partial charge < -0.3 is 23.9 Å². The Morgan fingerprint density at radius 1 is 1.06 bits per heavy atom. The molecule has 1 N–H and O–H groups in total. The normalized spacial score (nSPS) is 18.2. The average Bonchev–Trinajstić information content (AvgIpc) is 3.25. The van der Waals surface area contributed by atoms with Gasteiger partial charge in [0.15, 0.2) is 0 Å². The molecule has 1 saturated carbocycles. The third-order valence-electron chi connectivity index (χ3n) is 6.41. The molecule has 5 rings (SSSR count). The number of aliphatic hydroxyl groups is 1. The molecule has 2 aliphatic rings. The van der Waals surface area contributed by atoms with Crippen molar-refractivity contribution >= 4 is 11.9 Å². The number of benzene rings is 1. The van der Waals surface area contributed by atoms with E-state index < -0.39 is 0 Å². The van der Waals surface area contributed by atoms with Gasteiger partial charge in [-0.2, -0.15) is 6.41 Å². The Morgan fingerprint density at radius 3 is 2.53 bits per heavy atom. The summed E-state index contributed by atoms with van der Waals surface area (Å²) in [6, 6.07) is 14.1. The van der Waals surface area contributed by atoms with Crippen LogP contribution in [0.15, 0.2) is 48.7 Å². The number of piperidine rings is 1. The zero-order chi connectivity index (χ0) is 22.3. The van der Waals surface area contributed by atoms with Crippen LogP contribution in [0.1, 0.15) is 64.1 Å². The van der Waals surface area contributed by atoms with Gasteiger partial charge in [0.2, 0.25) is 0 Å². The summed E-state index contributed by atoms with van der Waals surface area (Å²) < 4.78 is 7.50. The number of hydrogen-bond donors (Lipinski definition) is 1. The molecule has 178 valence electrons. The molecule has 0 bridgehead atoms. The van der Waals surface area contributed by atoms with E-state index in [1.165, 1.54) is 19.3 Å². The van der Waals surface area contributed by atoms with Crippen molar-refractivity contribution < 1.29 is 44.2 Å². The minimum absolute atomic E-state index is 0. The van der Waals surface area contributed by atoms with Crippen LogP contribution in [-0.2, 0) is 4.79 Å². The van der Waals surface area contributed by atoms with Crippen molar-refractivity contribution in [1.29, 1.82) is 0 Å². The van der Waals surface area contributed by atoms with Crippen molar-refractivity contribution in [3.05, 3.63) is 54.5 Å². The zero-order valence-corrected chi connectivity index (χ0v) is 21.7. The van der Waals surface area contributed by atoms with Crippen molar-refractivity contribution in [3.63, 3.8) is 0 Å². The second kappa shape index (κ2) is 13.9. The van der Waals surface area contributed by atoms with E-state index in [0.29, 0.717) is 6.54 Å². The van der Waals surface area contributed by atoms with E-state index in [2.05, 4.69) is 10.5 Å². The molecule has 0 radical (unpaired) electrons. The molecule has 6 nitrogen and oxygen atoms in total. The van der Waals surface area contributed by atoms with Gasteiger partial charge in [0, 0.05) is 17.7 Å². The maximum atomic E-state index is 11.1. The van der Waals surface area contributed by atoms with E-state index in [0.717, 1.165) is 60.6 Å². The fourth-order valence-corrected chi connectivity index (χ4v) is 4.68. The van der Waals surface area contributed by atoms with Gasteiger partial charge in [-0.3, -0.25) is 0 Å². The van der Waals surface area contributed by atoms with E-state index >= 15 is 0 Å². The SMILES string of the molecule is C.COc1cccc(-c2nc(C3CCCN([C-]=O)C3)n3ccccc23)c1.OC1CCCCC1.[Na+]. The first-order chi connectivity index (χ1) is 15.7. The minimum Gasteiger partial charge on any atom is -0.520 e. The van der Waals surface area contributed by atoms with E-state index in [1.54, 1.807) is 12.0 Å². The molecule has 1 aromatic carbocycles. The van der Waals surface area contributed by atoms with Crippen molar-refractivity contribution in [2.75, 3.05) is 20.2 Å². The van der Waals surface area contributed by atoms with E-state index in [1.807, 2.05) is 49.0 Å². The molecule has 1 aliphatic carbocycles. The van der Waals surface area contributed by atoms with Crippen LogP contribution in [0, 0.1) is 0 Å². The van der Waals surface area contributed by atoms with Crippen molar-refractivity contribution in [1.82, 2.24) is 14.3 Å². The van der Waals surface area contributed by atoms with Crippen LogP contribution in [0.5, 0.6) is 5.75 Å². The van der Waals surface area contributed by atoms with Crippen molar-refractivity contribution in [3.8, 4) is 17.0 Å². The number of hydrogen-bond acceptors (Lipinski definition) is 4. The Labute approximate surface area is 225 Å². The van der Waals surface area contributed by atoms with Crippen LogP contribution in [0.25, 0.3) is 16.8 Å². The quantitative estimate of drug-likeness (QED) is 0.466. The number of carbonyl (C=O) groups excluding carboxylic acids is 1. The molecular weight excluding hydrogens is 437 g/mol. The zero-order valence-electron chi connectivity index (χ0n) is 19.7. The van der Waals surface area contributed by atoms with Crippen molar-refractivity contribution in [2.45, 2.75) is 64.4 Å². The summed E-state index contributed by atoms with van der Waals surface area (Å²) in [6.07, 6.45) is 12.0. The molecule has 7 heteroatoms. The number of ether oxygens (including phenoxy) is 1. The first-order valence-electron chi connectivity index (χ1n) is 11.6. The number of rotatable bonds is 4. The Morgan fingerprint density at radius 2 is 1.85 bits per heavy atom. The van der Waals surface area contributed by atoms with Gasteiger partial charge in [0.05, 0.1) is 24.4 Å². The molecule has 3 heterocycles. The van der Waals surface area contributed by atoms with Crippen LogP contribution in [0.3, 0.4) is 0 Å². The van der Waals surface area contributed by atoms with Crippen LogP contribution in [0.2, 0.25) is 0 Å². The van der Waals surface area contributed by atoms with Gasteiger partial charge >= 0.3 is 29.6 Å². The number of methoxy groups -OCH3 is 1. The number of likely N-dealkylation sites (tertiary alicyclic amines) is 1. The first kappa shape index (κ1) is 28.4. The molecule has 1 unspecified atom stereocenters. The largest absolute Gasteiger partial charge is 1.00 e. The molecule has 0 spiro atoms. The molecule has 3 aromatic rings. The number of imidazole rings is 1. The monoisotopic (exact) mass is 473 g/mol. The fraction of sp³-hybridized carbons (Fsp3) is 0.481. The Bertz CT molecular complexity index is 1030. The second-order valence-electron chi connectivity index (χ2n) is 8.67. The third kappa shape index (κ3) is 6.85. The van der Waals surface area contributed by atoms with Gasteiger partial charge in [-0.15, -0.1) is 0 Å². The number of aliphatic hydroxyl groups excluding tert-OH is 1. The molecular formula is C27H36N3NaO3. The van der Waals surface area contributed by atoms with Gasteiger partial charge in [-0.1, -0.05) is 44.9 Å². The van der Waals surface area contributed by atoms with Gasteiger partial charge in [0.25, 0.3) is 0 Å². The average molecular weight is 474 g/mol. The van der Waals surface area contributed by atoms with E-state index in [-0.39, 0.29) is 49.0 Å². The van der Waals surface area contributed by atoms with Gasteiger partial charge in [0.1, 0.15) is 11.6 Å². The molecule has 1 atom stereocenters. The number of nitrogens with zero attached hydrogens (tertiary/aromatic N) is 3. The number of amides is 1. The van der Waals surface area contributed by atoms with Crippen LogP contribution >= 0.6 is 0 Å². The van der Waals surface area contributed by atoms with Gasteiger partial charge in [-0.25, -0.2) is 4.98 Å². The molecule has 2 fully saturated rings. The predicted molar refractivity (Wildman–Crippen MR) is 132 cm³/mol. The van der Waals surface area contributed by atoms with Crippen LogP contribution in [0.4, 0.5) is 0 Å². The summed E-state index contributed by atoms with van der Waals surface area (Å²) in [6.45, 7) is 1.46. The molecule has 1 amide bonds. The topological polar surface area (TPSA) is 67.1 Å². The fourth-order valence-electron chi connectivity index (χ4n) is 4.68. The van der Waals surface area contributed by atoms with Crippen LogP contribution in [-0.4, -0.2) is 52.1 Å². The number of aromatic nitrogens is 2. The van der Waals surface area contributed by atoms with Crippen molar-refractivity contribution in [2.24, 2.45) is 0 Å². The standard InChI is InChI=1S/C20H20N3O2.C6H12O.CH4.Na/c1-25-17-8-4-6-15(12-17)19-18-9-2-3-11-23(18)20(21-19)16-7-5-10-22(13-16)14-24;7-6-4-2-1-3-5-6;;/h2-4,6,8-9,11-12,16H,5,7,10,13H2,1H3;6-7H,1-5H2;1H4;/q-1;;;+1. The van der Waals surface area contributed by atoms with Crippen LogP contribution < -0.4 is 34.3 Å². The Hall–Kier alpha value is -1.86. The van der Waals surface area contributed by atoms with Gasteiger partial charge in [-0.05, 0) is 63.0 Å². The van der Waals surface area contributed by atoms with E-state index in [9.17, 15) is 4.79 Å². The molecule has 1 aliphatic heterocycles. The molecule has 1 saturated heterocycles. The number of fused-ring (bicyclic) bond motifs is 1. The summed E-state index contributed by atoms with van der Waals surface area (Å²) in [4.78, 5) is 17.8. The predicted octanol–water partition coefficient (Wildman–Crippen LogP) is 2.21. The first-order valence-corrected chi connectivity index (χ1v) is 11.6. The second-order valence-corrected chi connectivity index (χ2v) is 8.67. The minimum atomic E-state index is 0. The van der Waals surface area contributed by atoms with E-state index in [4.69, 9.17) is 14.8 Å². The maximum Gasteiger partial charge on any atom is 1.00 e. The maximum absolute atomic E-state index is 11.1. The Balaban J connectivity index is 0.000000393. The number of pyridine rings is 1. The summed E-state index contributed by atoms with van der Waals surface area (Å²) in [7, 11) is 1.67.